The summed E-state index contributed by atoms with van der Waals surface area (Å²) in [7, 11) is 0. The van der Waals surface area contributed by atoms with Gasteiger partial charge in [-0.05, 0) is 12.8 Å². The van der Waals surface area contributed by atoms with E-state index in [-0.39, 0.29) is 0 Å². The first kappa shape index (κ1) is 13.2. The van der Waals surface area contributed by atoms with Crippen molar-refractivity contribution < 1.29 is 0 Å². The van der Waals surface area contributed by atoms with Gasteiger partial charge in [-0.1, -0.05) is 76.0 Å². The summed E-state index contributed by atoms with van der Waals surface area (Å²) in [4.78, 5) is 0. The van der Waals surface area contributed by atoms with E-state index in [4.69, 9.17) is 0 Å². The van der Waals surface area contributed by atoms with Crippen LogP contribution in [0.25, 0.3) is 0 Å². The highest BCUT2D eigenvalue weighted by atomic mass is 13.9. The summed E-state index contributed by atoms with van der Waals surface area (Å²) in [6.07, 6.45) is 19.6. The van der Waals surface area contributed by atoms with E-state index in [0.29, 0.717) is 0 Å². The maximum atomic E-state index is 3.62. The second-order valence-electron chi connectivity index (χ2n) is 3.61. The molecule has 0 aromatic carbocycles. The van der Waals surface area contributed by atoms with Crippen molar-refractivity contribution in [1.29, 1.82) is 0 Å². The minimum Gasteiger partial charge on any atom is -0.0991 e. The first-order valence-corrected chi connectivity index (χ1v) is 5.86. The van der Waals surface area contributed by atoms with Gasteiger partial charge in [0.1, 0.15) is 0 Å². The van der Waals surface area contributed by atoms with Crippen LogP contribution in [-0.4, -0.2) is 0 Å². The maximum Gasteiger partial charge on any atom is -0.0348 e. The van der Waals surface area contributed by atoms with Crippen LogP contribution in [0.3, 0.4) is 0 Å². The maximum absolute atomic E-state index is 3.62. The van der Waals surface area contributed by atoms with Crippen LogP contribution in [-0.2, 0) is 0 Å². The third-order valence-electron chi connectivity index (χ3n) is 2.22. The van der Waals surface area contributed by atoms with E-state index in [1.54, 1.807) is 6.08 Å². The van der Waals surface area contributed by atoms with E-state index in [2.05, 4.69) is 25.7 Å². The molecule has 0 N–H and O–H groups in total. The second kappa shape index (κ2) is 12.2. The summed E-state index contributed by atoms with van der Waals surface area (Å²) in [5.41, 5.74) is 0. The molecule has 0 heteroatoms. The Bertz CT molecular complexity index is 163. The highest BCUT2D eigenvalue weighted by Gasteiger charge is 1.87. The van der Waals surface area contributed by atoms with E-state index in [9.17, 15) is 0 Å². The van der Waals surface area contributed by atoms with Crippen LogP contribution in [0.4, 0.5) is 0 Å². The normalized spacial score (nSPS) is 11.5. The van der Waals surface area contributed by atoms with Gasteiger partial charge >= 0.3 is 0 Å². The first-order valence-electron chi connectivity index (χ1n) is 5.86. The lowest BCUT2D eigenvalue weighted by Gasteiger charge is -1.97. The van der Waals surface area contributed by atoms with E-state index >= 15 is 0 Å². The fourth-order valence-electron chi connectivity index (χ4n) is 1.36. The number of unbranched alkanes of at least 4 members (excludes halogenated alkanes) is 6. The van der Waals surface area contributed by atoms with Crippen molar-refractivity contribution in [2.24, 2.45) is 0 Å². The molecule has 0 aromatic heterocycles. The Hall–Kier alpha value is -0.780. The molecule has 0 bridgehead atoms. The topological polar surface area (TPSA) is 0 Å². The third-order valence-corrected chi connectivity index (χ3v) is 2.22. The molecule has 0 aliphatic carbocycles. The molecule has 0 fully saturated rings. The average molecular weight is 192 g/mol. The van der Waals surface area contributed by atoms with Crippen LogP contribution in [0, 0.1) is 0 Å². The summed E-state index contributed by atoms with van der Waals surface area (Å²) in [6, 6.07) is 0. The van der Waals surface area contributed by atoms with Gasteiger partial charge in [0.05, 0.1) is 0 Å². The Balaban J connectivity index is 3.08. The molecule has 0 aromatic rings. The Morgan fingerprint density at radius 1 is 0.857 bits per heavy atom. The van der Waals surface area contributed by atoms with Gasteiger partial charge < -0.3 is 0 Å². The van der Waals surface area contributed by atoms with Crippen molar-refractivity contribution >= 4 is 0 Å². The van der Waals surface area contributed by atoms with Crippen LogP contribution in [0.15, 0.2) is 37.0 Å². The highest BCUT2D eigenvalue weighted by molar-refractivity contribution is 5.08. The van der Waals surface area contributed by atoms with Gasteiger partial charge in [-0.3, -0.25) is 0 Å². The Morgan fingerprint density at radius 3 is 2.29 bits per heavy atom. The largest absolute Gasteiger partial charge is 0.0991 e. The van der Waals surface area contributed by atoms with Crippen molar-refractivity contribution in [3.8, 4) is 0 Å². The molecule has 0 radical (unpaired) electrons. The Labute approximate surface area is 89.4 Å². The third kappa shape index (κ3) is 11.2. The minimum absolute atomic E-state index is 1.22. The smallest absolute Gasteiger partial charge is 0.0348 e. The highest BCUT2D eigenvalue weighted by Crippen LogP contribution is 2.06. The van der Waals surface area contributed by atoms with Gasteiger partial charge in [0.2, 0.25) is 0 Å². The fraction of sp³-hybridized carbons (Fsp3) is 0.571. The summed E-state index contributed by atoms with van der Waals surface area (Å²) >= 11 is 0. The molecule has 0 rings (SSSR count). The summed E-state index contributed by atoms with van der Waals surface area (Å²) in [5.74, 6) is 0. The SMILES string of the molecule is C=CC=CC=CCCCCCCCC. The molecular weight excluding hydrogens is 168 g/mol. The zero-order chi connectivity index (χ0) is 10.5. The quantitative estimate of drug-likeness (QED) is 0.355. The van der Waals surface area contributed by atoms with Gasteiger partial charge in [-0.15, -0.1) is 0 Å². The van der Waals surface area contributed by atoms with Crippen LogP contribution in [0.1, 0.15) is 51.9 Å². The number of hydrogen-bond donors (Lipinski definition) is 0. The van der Waals surface area contributed by atoms with E-state index in [0.717, 1.165) is 0 Å². The molecular formula is C14H24. The van der Waals surface area contributed by atoms with Crippen molar-refractivity contribution in [3.05, 3.63) is 37.0 Å². The predicted molar refractivity (Wildman–Crippen MR) is 66.5 cm³/mol. The van der Waals surface area contributed by atoms with Crippen LogP contribution in [0.2, 0.25) is 0 Å². The molecule has 0 amide bonds. The predicted octanol–water partition coefficient (Wildman–Crippen LogP) is 5.04. The van der Waals surface area contributed by atoms with Gasteiger partial charge in [0, 0.05) is 0 Å². The van der Waals surface area contributed by atoms with Gasteiger partial charge in [-0.25, -0.2) is 0 Å². The summed E-state index contributed by atoms with van der Waals surface area (Å²) in [5, 5.41) is 0. The monoisotopic (exact) mass is 192 g/mol. The molecule has 0 unspecified atom stereocenters. The molecule has 0 aliphatic rings. The number of allylic oxidation sites excluding steroid dienone is 5. The summed E-state index contributed by atoms with van der Waals surface area (Å²) < 4.78 is 0. The van der Waals surface area contributed by atoms with Crippen molar-refractivity contribution in [2.45, 2.75) is 51.9 Å². The lowest BCUT2D eigenvalue weighted by atomic mass is 10.1. The lowest BCUT2D eigenvalue weighted by Crippen LogP contribution is -1.77. The zero-order valence-corrected chi connectivity index (χ0v) is 9.54. The summed E-state index contributed by atoms with van der Waals surface area (Å²) in [6.45, 7) is 5.87. The van der Waals surface area contributed by atoms with Crippen molar-refractivity contribution in [1.82, 2.24) is 0 Å². The standard InChI is InChI=1S/C14H24/c1-3-5-7-9-11-13-14-12-10-8-6-4-2/h3,5,7,9,11H,1,4,6,8,10,12-14H2,2H3. The van der Waals surface area contributed by atoms with Crippen molar-refractivity contribution in [2.75, 3.05) is 0 Å². The number of hydrogen-bond acceptors (Lipinski definition) is 0. The lowest BCUT2D eigenvalue weighted by molar-refractivity contribution is 0.611. The fourth-order valence-corrected chi connectivity index (χ4v) is 1.36. The molecule has 0 nitrogen and oxygen atoms in total. The van der Waals surface area contributed by atoms with Gasteiger partial charge in [-0.2, -0.15) is 0 Å². The first-order chi connectivity index (χ1) is 6.91. The minimum atomic E-state index is 1.22. The molecule has 0 saturated heterocycles. The molecule has 0 spiro atoms. The molecule has 0 heterocycles. The molecule has 0 saturated carbocycles. The average Bonchev–Trinajstić information content (AvgIpc) is 2.21. The van der Waals surface area contributed by atoms with E-state index in [1.165, 1.54) is 44.9 Å². The molecule has 14 heavy (non-hydrogen) atoms. The van der Waals surface area contributed by atoms with Crippen LogP contribution in [0.5, 0.6) is 0 Å². The van der Waals surface area contributed by atoms with Crippen LogP contribution < -0.4 is 0 Å². The van der Waals surface area contributed by atoms with E-state index < -0.39 is 0 Å². The molecule has 0 atom stereocenters. The second-order valence-corrected chi connectivity index (χ2v) is 3.61. The Morgan fingerprint density at radius 2 is 1.57 bits per heavy atom. The van der Waals surface area contributed by atoms with E-state index in [1.807, 2.05) is 12.2 Å². The molecule has 80 valence electrons. The van der Waals surface area contributed by atoms with Crippen molar-refractivity contribution in [3.63, 3.8) is 0 Å². The Kier molecular flexibility index (Phi) is 11.5. The van der Waals surface area contributed by atoms with Gasteiger partial charge in [0.15, 0.2) is 0 Å². The number of rotatable bonds is 9. The van der Waals surface area contributed by atoms with Crippen LogP contribution >= 0.6 is 0 Å². The molecule has 0 aliphatic heterocycles. The zero-order valence-electron chi connectivity index (χ0n) is 9.54. The van der Waals surface area contributed by atoms with Gasteiger partial charge in [0.25, 0.3) is 0 Å².